The number of hydrogen-bond acceptors (Lipinski definition) is 4. The highest BCUT2D eigenvalue weighted by Crippen LogP contribution is 2.21. The van der Waals surface area contributed by atoms with E-state index >= 15 is 0 Å². The van der Waals surface area contributed by atoms with Crippen LogP contribution in [-0.4, -0.2) is 32.6 Å². The lowest BCUT2D eigenvalue weighted by molar-refractivity contribution is 0.0950. The normalized spacial score (nSPS) is 11.2. The first-order valence-corrected chi connectivity index (χ1v) is 9.41. The Labute approximate surface area is 147 Å². The van der Waals surface area contributed by atoms with Gasteiger partial charge in [-0.1, -0.05) is 24.3 Å². The molecule has 134 valence electrons. The second kappa shape index (κ2) is 8.13. The van der Waals surface area contributed by atoms with Crippen LogP contribution in [0.1, 0.15) is 27.9 Å². The average molecular weight is 362 g/mol. The van der Waals surface area contributed by atoms with Crippen LogP contribution >= 0.6 is 0 Å². The second-order valence-corrected chi connectivity index (χ2v) is 7.41. The number of carbonyl (C=O) groups is 1. The lowest BCUT2D eigenvalue weighted by Crippen LogP contribution is -2.26. The highest BCUT2D eigenvalue weighted by Gasteiger charge is 2.18. The summed E-state index contributed by atoms with van der Waals surface area (Å²) in [4.78, 5) is 12.2. The molecule has 0 heterocycles. The van der Waals surface area contributed by atoms with Crippen molar-refractivity contribution in [3.63, 3.8) is 0 Å². The van der Waals surface area contributed by atoms with Gasteiger partial charge in [-0.25, -0.2) is 8.42 Å². The number of amides is 1. The van der Waals surface area contributed by atoms with Crippen molar-refractivity contribution < 1.29 is 18.3 Å². The SMILES string of the molecule is Cc1ccccc1NS(=O)(=O)c1ccc(C)c(C(=O)NCCCO)c1. The van der Waals surface area contributed by atoms with E-state index in [1.54, 1.807) is 25.1 Å². The van der Waals surface area contributed by atoms with Crippen molar-refractivity contribution in [1.82, 2.24) is 5.32 Å². The molecule has 0 bridgehead atoms. The topological polar surface area (TPSA) is 95.5 Å². The Morgan fingerprint density at radius 2 is 1.80 bits per heavy atom. The van der Waals surface area contributed by atoms with Crippen molar-refractivity contribution in [2.75, 3.05) is 17.9 Å². The van der Waals surface area contributed by atoms with Crippen LogP contribution in [0.2, 0.25) is 0 Å². The smallest absolute Gasteiger partial charge is 0.261 e. The zero-order valence-corrected chi connectivity index (χ0v) is 15.1. The minimum absolute atomic E-state index is 0.0198. The predicted molar refractivity (Wildman–Crippen MR) is 97.2 cm³/mol. The third-order valence-electron chi connectivity index (χ3n) is 3.77. The maximum atomic E-state index is 12.6. The van der Waals surface area contributed by atoms with Crippen LogP contribution in [0.15, 0.2) is 47.4 Å². The highest BCUT2D eigenvalue weighted by atomic mass is 32.2. The van der Waals surface area contributed by atoms with Crippen LogP contribution in [0.4, 0.5) is 5.69 Å². The van der Waals surface area contributed by atoms with E-state index in [2.05, 4.69) is 10.0 Å². The molecule has 0 aliphatic rings. The molecule has 0 fully saturated rings. The summed E-state index contributed by atoms with van der Waals surface area (Å²) >= 11 is 0. The number of para-hydroxylation sites is 1. The van der Waals surface area contributed by atoms with E-state index in [-0.39, 0.29) is 17.4 Å². The van der Waals surface area contributed by atoms with Gasteiger partial charge in [0.15, 0.2) is 0 Å². The largest absolute Gasteiger partial charge is 0.396 e. The number of benzene rings is 2. The first kappa shape index (κ1) is 19.0. The van der Waals surface area contributed by atoms with Crippen LogP contribution in [0.3, 0.4) is 0 Å². The number of aliphatic hydroxyl groups excluding tert-OH is 1. The van der Waals surface area contributed by atoms with Crippen LogP contribution in [0.5, 0.6) is 0 Å². The molecule has 3 N–H and O–H groups in total. The van der Waals surface area contributed by atoms with Gasteiger partial charge in [0, 0.05) is 18.7 Å². The van der Waals surface area contributed by atoms with Crippen molar-refractivity contribution in [2.24, 2.45) is 0 Å². The summed E-state index contributed by atoms with van der Waals surface area (Å²) in [5.41, 5.74) is 2.28. The molecule has 0 aromatic heterocycles. The Kier molecular flexibility index (Phi) is 6.17. The lowest BCUT2D eigenvalue weighted by atomic mass is 10.1. The molecule has 0 saturated carbocycles. The summed E-state index contributed by atoms with van der Waals surface area (Å²) in [7, 11) is -3.80. The third-order valence-corrected chi connectivity index (χ3v) is 5.14. The Morgan fingerprint density at radius 3 is 2.48 bits per heavy atom. The summed E-state index contributed by atoms with van der Waals surface area (Å²) in [5.74, 6) is -0.362. The molecule has 25 heavy (non-hydrogen) atoms. The van der Waals surface area contributed by atoms with Crippen molar-refractivity contribution in [3.8, 4) is 0 Å². The molecule has 6 nitrogen and oxygen atoms in total. The standard InChI is InChI=1S/C18H22N2O4S/c1-13-8-9-15(12-16(13)18(22)19-10-5-11-21)25(23,24)20-17-7-4-3-6-14(17)2/h3-4,6-9,12,20-21H,5,10-11H2,1-2H3,(H,19,22). The number of carbonyl (C=O) groups excluding carboxylic acids is 1. The molecule has 2 rings (SSSR count). The number of anilines is 1. The number of rotatable bonds is 7. The van der Waals surface area contributed by atoms with E-state index in [4.69, 9.17) is 5.11 Å². The number of aliphatic hydroxyl groups is 1. The molecule has 1 amide bonds. The maximum absolute atomic E-state index is 12.6. The van der Waals surface area contributed by atoms with Gasteiger partial charge >= 0.3 is 0 Å². The van der Waals surface area contributed by atoms with Crippen LogP contribution < -0.4 is 10.0 Å². The first-order valence-electron chi connectivity index (χ1n) is 7.93. The molecule has 0 aliphatic carbocycles. The zero-order chi connectivity index (χ0) is 18.4. The summed E-state index contributed by atoms with van der Waals surface area (Å²) in [6.07, 6.45) is 0.442. The summed E-state index contributed by atoms with van der Waals surface area (Å²) in [6.45, 7) is 3.86. The molecule has 2 aromatic rings. The van der Waals surface area contributed by atoms with E-state index in [0.717, 1.165) is 5.56 Å². The molecule has 0 unspecified atom stereocenters. The number of sulfonamides is 1. The summed E-state index contributed by atoms with van der Waals surface area (Å²) in [6, 6.07) is 11.5. The van der Waals surface area contributed by atoms with E-state index in [1.165, 1.54) is 12.1 Å². The minimum Gasteiger partial charge on any atom is -0.396 e. The van der Waals surface area contributed by atoms with E-state index in [0.29, 0.717) is 29.8 Å². The Balaban J connectivity index is 2.28. The van der Waals surface area contributed by atoms with E-state index < -0.39 is 10.0 Å². The van der Waals surface area contributed by atoms with Gasteiger partial charge in [-0.05, 0) is 49.6 Å². The molecule has 7 heteroatoms. The molecule has 0 atom stereocenters. The minimum atomic E-state index is -3.80. The maximum Gasteiger partial charge on any atom is 0.261 e. The monoisotopic (exact) mass is 362 g/mol. The molecule has 0 spiro atoms. The fraction of sp³-hybridized carbons (Fsp3) is 0.278. The second-order valence-electron chi connectivity index (χ2n) is 5.73. The van der Waals surface area contributed by atoms with Gasteiger partial charge in [0.25, 0.3) is 15.9 Å². The molecular formula is C18H22N2O4S. The van der Waals surface area contributed by atoms with Crippen molar-refractivity contribution in [3.05, 3.63) is 59.2 Å². The van der Waals surface area contributed by atoms with Gasteiger partial charge < -0.3 is 10.4 Å². The van der Waals surface area contributed by atoms with Gasteiger partial charge in [0.2, 0.25) is 0 Å². The Morgan fingerprint density at radius 1 is 1.08 bits per heavy atom. The Hall–Kier alpha value is -2.38. The van der Waals surface area contributed by atoms with Gasteiger partial charge in [-0.3, -0.25) is 9.52 Å². The van der Waals surface area contributed by atoms with E-state index in [9.17, 15) is 13.2 Å². The van der Waals surface area contributed by atoms with Crippen molar-refractivity contribution in [2.45, 2.75) is 25.2 Å². The highest BCUT2D eigenvalue weighted by molar-refractivity contribution is 7.92. The first-order chi connectivity index (χ1) is 11.8. The van der Waals surface area contributed by atoms with Gasteiger partial charge in [0.1, 0.15) is 0 Å². The average Bonchev–Trinajstić information content (AvgIpc) is 2.57. The number of hydrogen-bond donors (Lipinski definition) is 3. The van der Waals surface area contributed by atoms with Crippen molar-refractivity contribution in [1.29, 1.82) is 0 Å². The summed E-state index contributed by atoms with van der Waals surface area (Å²) in [5, 5.41) is 11.4. The zero-order valence-electron chi connectivity index (χ0n) is 14.2. The van der Waals surface area contributed by atoms with Crippen LogP contribution in [0.25, 0.3) is 0 Å². The Bertz CT molecular complexity index is 863. The quantitative estimate of drug-likeness (QED) is 0.658. The summed E-state index contributed by atoms with van der Waals surface area (Å²) < 4.78 is 27.8. The van der Waals surface area contributed by atoms with Gasteiger partial charge in [-0.2, -0.15) is 0 Å². The number of aryl methyl sites for hydroxylation is 2. The molecule has 0 aliphatic heterocycles. The lowest BCUT2D eigenvalue weighted by Gasteiger charge is -2.13. The fourth-order valence-electron chi connectivity index (χ4n) is 2.28. The molecule has 2 aromatic carbocycles. The van der Waals surface area contributed by atoms with Gasteiger partial charge in [-0.15, -0.1) is 0 Å². The molecule has 0 saturated heterocycles. The fourth-order valence-corrected chi connectivity index (χ4v) is 3.44. The van der Waals surface area contributed by atoms with Crippen LogP contribution in [-0.2, 0) is 10.0 Å². The number of nitrogens with one attached hydrogen (secondary N) is 2. The molecule has 0 radical (unpaired) electrons. The van der Waals surface area contributed by atoms with E-state index in [1.807, 2.05) is 19.1 Å². The van der Waals surface area contributed by atoms with Crippen LogP contribution in [0, 0.1) is 13.8 Å². The van der Waals surface area contributed by atoms with Crippen molar-refractivity contribution >= 4 is 21.6 Å². The van der Waals surface area contributed by atoms with Gasteiger partial charge in [0.05, 0.1) is 10.6 Å². The predicted octanol–water partition coefficient (Wildman–Crippen LogP) is 2.22. The molecular weight excluding hydrogens is 340 g/mol. The third kappa shape index (κ3) is 4.80.